The van der Waals surface area contributed by atoms with Gasteiger partial charge in [0.05, 0.1) is 18.5 Å². The fraction of sp³-hybridized carbons (Fsp3) is 0.455. The Bertz CT molecular complexity index is 1230. The summed E-state index contributed by atoms with van der Waals surface area (Å²) in [6.07, 6.45) is 5.05. The van der Waals surface area contributed by atoms with Crippen LogP contribution in [0.5, 0.6) is 5.75 Å². The van der Waals surface area contributed by atoms with Crippen molar-refractivity contribution in [2.75, 3.05) is 12.4 Å². The second-order valence-electron chi connectivity index (χ2n) is 7.54. The summed E-state index contributed by atoms with van der Waals surface area (Å²) < 4.78 is 9.33. The second kappa shape index (κ2) is 10.5. The van der Waals surface area contributed by atoms with Crippen molar-refractivity contribution < 1.29 is 9.53 Å². The van der Waals surface area contributed by atoms with Crippen molar-refractivity contribution >= 4 is 34.4 Å². The third-order valence-corrected chi connectivity index (χ3v) is 5.50. The molecule has 9 nitrogen and oxygen atoms in total. The molecule has 0 saturated carbocycles. The number of aromatic nitrogens is 4. The topological polar surface area (TPSA) is 100 Å². The number of nitrogens with zero attached hydrogens (tertiary/aromatic N) is 4. The van der Waals surface area contributed by atoms with Crippen molar-refractivity contribution in [3.05, 3.63) is 50.4 Å². The van der Waals surface area contributed by atoms with Crippen LogP contribution >= 0.6 is 11.6 Å². The van der Waals surface area contributed by atoms with Gasteiger partial charge in [-0.1, -0.05) is 38.3 Å². The average molecular weight is 462 g/mol. The van der Waals surface area contributed by atoms with Gasteiger partial charge in [0.15, 0.2) is 11.2 Å². The van der Waals surface area contributed by atoms with Gasteiger partial charge in [-0.3, -0.25) is 14.2 Å². The molecule has 0 aliphatic heterocycles. The van der Waals surface area contributed by atoms with E-state index in [2.05, 4.69) is 17.2 Å². The molecule has 2 aromatic heterocycles. The number of halogens is 1. The molecule has 0 spiro atoms. The quantitative estimate of drug-likeness (QED) is 0.499. The Morgan fingerprint density at radius 3 is 2.50 bits per heavy atom. The van der Waals surface area contributed by atoms with Crippen LogP contribution in [0, 0.1) is 0 Å². The highest BCUT2D eigenvalue weighted by Crippen LogP contribution is 2.27. The maximum atomic E-state index is 13.2. The monoisotopic (exact) mass is 461 g/mol. The van der Waals surface area contributed by atoms with E-state index in [0.29, 0.717) is 40.7 Å². The minimum atomic E-state index is -0.542. The van der Waals surface area contributed by atoms with Crippen LogP contribution in [0.3, 0.4) is 0 Å². The third-order valence-electron chi connectivity index (χ3n) is 5.21. The number of benzene rings is 1. The van der Waals surface area contributed by atoms with Gasteiger partial charge < -0.3 is 14.6 Å². The number of hydrogen-bond donors (Lipinski definition) is 1. The largest absolute Gasteiger partial charge is 0.495 e. The van der Waals surface area contributed by atoms with E-state index in [0.717, 1.165) is 30.3 Å². The van der Waals surface area contributed by atoms with Crippen molar-refractivity contribution in [1.82, 2.24) is 18.7 Å². The van der Waals surface area contributed by atoms with Crippen molar-refractivity contribution in [2.24, 2.45) is 0 Å². The molecular formula is C22H28ClN5O4. The first-order valence-corrected chi connectivity index (χ1v) is 11.1. The summed E-state index contributed by atoms with van der Waals surface area (Å²) >= 11 is 6.11. The number of hydrogen-bond acceptors (Lipinski definition) is 5. The van der Waals surface area contributed by atoms with Crippen LogP contribution in [0.1, 0.15) is 39.5 Å². The first-order valence-electron chi connectivity index (χ1n) is 10.7. The number of aryl methyl sites for hydroxylation is 2. The number of amides is 1. The van der Waals surface area contributed by atoms with E-state index in [-0.39, 0.29) is 0 Å². The molecule has 1 aromatic carbocycles. The van der Waals surface area contributed by atoms with Crippen LogP contribution in [0.4, 0.5) is 5.69 Å². The van der Waals surface area contributed by atoms with Crippen molar-refractivity contribution in [3.63, 3.8) is 0 Å². The van der Waals surface area contributed by atoms with Gasteiger partial charge in [-0.05, 0) is 31.0 Å². The Labute approximate surface area is 190 Å². The lowest BCUT2D eigenvalue weighted by Gasteiger charge is -2.13. The predicted molar refractivity (Wildman–Crippen MR) is 125 cm³/mol. The SMILES string of the molecule is CCCCn1cnc2c1c(=O)n(CC(=O)Nc1ccc(OC)c(Cl)c1)c(=O)n2CCCC. The number of carbonyl (C=O) groups is 1. The summed E-state index contributed by atoms with van der Waals surface area (Å²) in [7, 11) is 1.50. The zero-order chi connectivity index (χ0) is 23.3. The number of anilines is 1. The molecule has 32 heavy (non-hydrogen) atoms. The maximum absolute atomic E-state index is 13.2. The summed E-state index contributed by atoms with van der Waals surface area (Å²) in [6, 6.07) is 4.80. The van der Waals surface area contributed by atoms with Crippen molar-refractivity contribution in [3.8, 4) is 5.75 Å². The highest BCUT2D eigenvalue weighted by molar-refractivity contribution is 6.32. The standard InChI is InChI=1S/C22H28ClN5O4/c1-4-6-10-26-14-24-20-19(26)21(30)28(22(31)27(20)11-7-5-2)13-18(29)25-15-8-9-17(32-3)16(23)12-15/h8-9,12,14H,4-7,10-11,13H2,1-3H3,(H,25,29). The lowest BCUT2D eigenvalue weighted by atomic mass is 10.3. The van der Waals surface area contributed by atoms with Crippen LogP contribution in [0.15, 0.2) is 34.1 Å². The van der Waals surface area contributed by atoms with Gasteiger partial charge in [0.2, 0.25) is 5.91 Å². The molecule has 0 bridgehead atoms. The van der Waals surface area contributed by atoms with Gasteiger partial charge in [0.25, 0.3) is 5.56 Å². The Balaban J connectivity index is 1.99. The number of rotatable bonds is 10. The first-order chi connectivity index (χ1) is 15.4. The lowest BCUT2D eigenvalue weighted by molar-refractivity contribution is -0.116. The summed E-state index contributed by atoms with van der Waals surface area (Å²) in [5.74, 6) is -0.0306. The Kier molecular flexibility index (Phi) is 7.74. The molecule has 2 heterocycles. The van der Waals surface area contributed by atoms with Gasteiger partial charge in [-0.15, -0.1) is 0 Å². The van der Waals surface area contributed by atoms with E-state index in [1.807, 2.05) is 6.92 Å². The maximum Gasteiger partial charge on any atom is 0.333 e. The second-order valence-corrected chi connectivity index (χ2v) is 7.95. The number of ether oxygens (including phenoxy) is 1. The number of methoxy groups -OCH3 is 1. The predicted octanol–water partition coefficient (Wildman–Crippen LogP) is 3.26. The lowest BCUT2D eigenvalue weighted by Crippen LogP contribution is -2.43. The number of fused-ring (bicyclic) bond motifs is 1. The highest BCUT2D eigenvalue weighted by Gasteiger charge is 2.19. The number of imidazole rings is 1. The molecule has 3 rings (SSSR count). The average Bonchev–Trinajstić information content (AvgIpc) is 3.19. The summed E-state index contributed by atoms with van der Waals surface area (Å²) in [6.45, 7) is 4.70. The molecule has 0 saturated heterocycles. The molecule has 0 radical (unpaired) electrons. The Morgan fingerprint density at radius 2 is 1.84 bits per heavy atom. The van der Waals surface area contributed by atoms with Crippen LogP contribution in [0.2, 0.25) is 5.02 Å². The molecule has 3 aromatic rings. The highest BCUT2D eigenvalue weighted by atomic mass is 35.5. The summed E-state index contributed by atoms with van der Waals surface area (Å²) in [4.78, 5) is 43.4. The van der Waals surface area contributed by atoms with Crippen LogP contribution in [-0.2, 0) is 24.4 Å². The van der Waals surface area contributed by atoms with E-state index >= 15 is 0 Å². The minimum absolute atomic E-state index is 0.339. The molecule has 10 heteroatoms. The van der Waals surface area contributed by atoms with Gasteiger partial charge in [-0.2, -0.15) is 0 Å². The van der Waals surface area contributed by atoms with Crippen molar-refractivity contribution in [2.45, 2.75) is 59.2 Å². The Morgan fingerprint density at radius 1 is 1.12 bits per heavy atom. The molecule has 0 aliphatic rings. The molecule has 1 amide bonds. The van der Waals surface area contributed by atoms with Crippen molar-refractivity contribution in [1.29, 1.82) is 0 Å². The van der Waals surface area contributed by atoms with Crippen LogP contribution in [-0.4, -0.2) is 31.7 Å². The Hall–Kier alpha value is -3.07. The van der Waals surface area contributed by atoms with Gasteiger partial charge in [0, 0.05) is 18.8 Å². The fourth-order valence-electron chi connectivity index (χ4n) is 3.48. The van der Waals surface area contributed by atoms with Gasteiger partial charge >= 0.3 is 5.69 Å². The third kappa shape index (κ3) is 4.88. The van der Waals surface area contributed by atoms with Crippen LogP contribution < -0.4 is 21.3 Å². The van der Waals surface area contributed by atoms with E-state index in [1.165, 1.54) is 11.7 Å². The summed E-state index contributed by atoms with van der Waals surface area (Å²) in [5, 5.41) is 3.02. The van der Waals surface area contributed by atoms with Crippen LogP contribution in [0.25, 0.3) is 11.2 Å². The molecule has 172 valence electrons. The van der Waals surface area contributed by atoms with Gasteiger partial charge in [0.1, 0.15) is 12.3 Å². The minimum Gasteiger partial charge on any atom is -0.495 e. The van der Waals surface area contributed by atoms with E-state index in [4.69, 9.17) is 16.3 Å². The first kappa shape index (κ1) is 23.6. The zero-order valence-electron chi connectivity index (χ0n) is 18.6. The summed E-state index contributed by atoms with van der Waals surface area (Å²) in [5.41, 5.74) is 0.0840. The van der Waals surface area contributed by atoms with Gasteiger partial charge in [-0.25, -0.2) is 14.3 Å². The number of nitrogens with one attached hydrogen (secondary N) is 1. The molecule has 0 atom stereocenters. The number of carbonyl (C=O) groups excluding carboxylic acids is 1. The van der Waals surface area contributed by atoms with E-state index in [9.17, 15) is 14.4 Å². The molecule has 1 N–H and O–H groups in total. The molecule has 0 fully saturated rings. The molecule has 0 unspecified atom stereocenters. The fourth-order valence-corrected chi connectivity index (χ4v) is 3.74. The normalized spacial score (nSPS) is 11.1. The number of unbranched alkanes of at least 4 members (excludes halogenated alkanes) is 2. The van der Waals surface area contributed by atoms with E-state index in [1.54, 1.807) is 29.1 Å². The van der Waals surface area contributed by atoms with E-state index < -0.39 is 23.7 Å². The molecular weight excluding hydrogens is 434 g/mol. The zero-order valence-corrected chi connectivity index (χ0v) is 19.3. The molecule has 0 aliphatic carbocycles. The smallest absolute Gasteiger partial charge is 0.333 e.